The molecule has 0 heterocycles. The molecule has 0 saturated carbocycles. The van der Waals surface area contributed by atoms with E-state index in [9.17, 15) is 13.6 Å². The SMILES string of the molecule is Cc1ccc(OCc2cc(Cl)ccc2NC(=O)OC(F)F)c(C)c1. The van der Waals surface area contributed by atoms with Crippen molar-refractivity contribution >= 4 is 23.4 Å². The number of carbonyl (C=O) groups is 1. The number of ether oxygens (including phenoxy) is 2. The molecule has 2 rings (SSSR count). The number of benzene rings is 2. The molecule has 1 N–H and O–H groups in total. The Bertz CT molecular complexity index is 738. The van der Waals surface area contributed by atoms with Gasteiger partial charge in [-0.15, -0.1) is 0 Å². The molecule has 0 aliphatic rings. The largest absolute Gasteiger partial charge is 0.489 e. The molecule has 0 saturated heterocycles. The Kier molecular flexibility index (Phi) is 5.98. The lowest BCUT2D eigenvalue weighted by Gasteiger charge is -2.14. The average Bonchev–Trinajstić information content (AvgIpc) is 2.48. The normalized spacial score (nSPS) is 10.6. The second-order valence-corrected chi connectivity index (χ2v) is 5.59. The first-order chi connectivity index (χ1) is 11.3. The van der Waals surface area contributed by atoms with Gasteiger partial charge in [-0.05, 0) is 43.7 Å². The lowest BCUT2D eigenvalue weighted by atomic mass is 10.1. The lowest BCUT2D eigenvalue weighted by Crippen LogP contribution is -2.18. The summed E-state index contributed by atoms with van der Waals surface area (Å²) in [5.74, 6) is 0.682. The molecule has 0 aromatic heterocycles. The molecule has 128 valence electrons. The first-order valence-electron chi connectivity index (χ1n) is 7.09. The summed E-state index contributed by atoms with van der Waals surface area (Å²) < 4.78 is 33.7. The van der Waals surface area contributed by atoms with Crippen LogP contribution in [0.1, 0.15) is 16.7 Å². The van der Waals surface area contributed by atoms with E-state index in [1.165, 1.54) is 12.1 Å². The molecule has 0 bridgehead atoms. The first-order valence-corrected chi connectivity index (χ1v) is 7.47. The molecule has 7 heteroatoms. The Balaban J connectivity index is 2.13. The van der Waals surface area contributed by atoms with Gasteiger partial charge in [0.15, 0.2) is 0 Å². The van der Waals surface area contributed by atoms with E-state index in [1.54, 1.807) is 6.07 Å². The van der Waals surface area contributed by atoms with Crippen molar-refractivity contribution in [2.75, 3.05) is 5.32 Å². The maximum Gasteiger partial charge on any atom is 0.416 e. The monoisotopic (exact) mass is 355 g/mol. The van der Waals surface area contributed by atoms with Gasteiger partial charge in [-0.25, -0.2) is 4.79 Å². The van der Waals surface area contributed by atoms with Gasteiger partial charge in [-0.1, -0.05) is 29.3 Å². The van der Waals surface area contributed by atoms with Crippen LogP contribution in [0.15, 0.2) is 36.4 Å². The van der Waals surface area contributed by atoms with Crippen LogP contribution < -0.4 is 10.1 Å². The number of aryl methyl sites for hydroxylation is 2. The molecule has 0 fully saturated rings. The fourth-order valence-corrected chi connectivity index (χ4v) is 2.34. The number of anilines is 1. The summed E-state index contributed by atoms with van der Waals surface area (Å²) in [4.78, 5) is 11.3. The quantitative estimate of drug-likeness (QED) is 0.791. The van der Waals surface area contributed by atoms with E-state index in [0.29, 0.717) is 16.3 Å². The van der Waals surface area contributed by atoms with E-state index in [2.05, 4.69) is 10.1 Å². The lowest BCUT2D eigenvalue weighted by molar-refractivity contribution is -0.0766. The molecule has 2 aromatic carbocycles. The Morgan fingerprint density at radius 2 is 1.96 bits per heavy atom. The highest BCUT2D eigenvalue weighted by Crippen LogP contribution is 2.25. The second kappa shape index (κ2) is 7.97. The van der Waals surface area contributed by atoms with Crippen LogP contribution in [0, 0.1) is 13.8 Å². The number of halogens is 3. The topological polar surface area (TPSA) is 47.6 Å². The van der Waals surface area contributed by atoms with Gasteiger partial charge in [0.1, 0.15) is 12.4 Å². The van der Waals surface area contributed by atoms with Crippen LogP contribution >= 0.6 is 11.6 Å². The number of rotatable bonds is 5. The minimum Gasteiger partial charge on any atom is -0.489 e. The van der Waals surface area contributed by atoms with Gasteiger partial charge in [-0.3, -0.25) is 5.32 Å². The molecule has 0 unspecified atom stereocenters. The van der Waals surface area contributed by atoms with E-state index in [1.807, 2.05) is 32.0 Å². The fraction of sp³-hybridized carbons (Fsp3) is 0.235. The number of carbonyl (C=O) groups excluding carboxylic acids is 1. The molecular formula is C17H16ClF2NO3. The third kappa shape index (κ3) is 5.09. The molecule has 24 heavy (non-hydrogen) atoms. The highest BCUT2D eigenvalue weighted by Gasteiger charge is 2.13. The highest BCUT2D eigenvalue weighted by atomic mass is 35.5. The number of nitrogens with one attached hydrogen (secondary N) is 1. The zero-order chi connectivity index (χ0) is 17.7. The third-order valence-electron chi connectivity index (χ3n) is 3.21. The Morgan fingerprint density at radius 3 is 2.62 bits per heavy atom. The van der Waals surface area contributed by atoms with Gasteiger partial charge < -0.3 is 9.47 Å². The van der Waals surface area contributed by atoms with Gasteiger partial charge in [0, 0.05) is 10.6 Å². The van der Waals surface area contributed by atoms with Gasteiger partial charge in [0.05, 0.1) is 5.69 Å². The summed E-state index contributed by atoms with van der Waals surface area (Å²) in [5, 5.41) is 2.68. The highest BCUT2D eigenvalue weighted by molar-refractivity contribution is 6.30. The van der Waals surface area contributed by atoms with Crippen LogP contribution in [-0.2, 0) is 11.3 Å². The molecule has 0 radical (unpaired) electrons. The van der Waals surface area contributed by atoms with Crippen molar-refractivity contribution < 1.29 is 23.0 Å². The molecule has 0 spiro atoms. The standard InChI is InChI=1S/C17H16ClF2NO3/c1-10-3-6-15(11(2)7-10)23-9-12-8-13(18)4-5-14(12)21-17(22)24-16(19)20/h3-8,16H,9H2,1-2H3,(H,21,22). The van der Waals surface area contributed by atoms with Crippen molar-refractivity contribution in [1.29, 1.82) is 0 Å². The number of hydrogen-bond acceptors (Lipinski definition) is 3. The second-order valence-electron chi connectivity index (χ2n) is 5.15. The molecular weight excluding hydrogens is 340 g/mol. The van der Waals surface area contributed by atoms with Crippen molar-refractivity contribution in [2.24, 2.45) is 0 Å². The van der Waals surface area contributed by atoms with Crippen molar-refractivity contribution in [2.45, 2.75) is 27.1 Å². The van der Waals surface area contributed by atoms with Crippen LogP contribution in [0.2, 0.25) is 5.02 Å². The average molecular weight is 356 g/mol. The first kappa shape index (κ1) is 18.0. The molecule has 0 atom stereocenters. The van der Waals surface area contributed by atoms with E-state index in [4.69, 9.17) is 16.3 Å². The minimum absolute atomic E-state index is 0.106. The Hall–Kier alpha value is -2.34. The van der Waals surface area contributed by atoms with Crippen LogP contribution in [0.4, 0.5) is 19.3 Å². The maximum atomic E-state index is 12.1. The van der Waals surface area contributed by atoms with Crippen LogP contribution in [0.3, 0.4) is 0 Å². The zero-order valence-electron chi connectivity index (χ0n) is 13.1. The number of hydrogen-bond donors (Lipinski definition) is 1. The van der Waals surface area contributed by atoms with Gasteiger partial charge in [0.25, 0.3) is 0 Å². The molecule has 4 nitrogen and oxygen atoms in total. The number of alkyl halides is 2. The van der Waals surface area contributed by atoms with E-state index >= 15 is 0 Å². The predicted molar refractivity (Wildman–Crippen MR) is 87.8 cm³/mol. The molecule has 0 aliphatic carbocycles. The van der Waals surface area contributed by atoms with Crippen molar-refractivity contribution in [3.8, 4) is 5.75 Å². The summed E-state index contributed by atoms with van der Waals surface area (Å²) in [7, 11) is 0. The Morgan fingerprint density at radius 1 is 1.21 bits per heavy atom. The Labute approximate surface area is 143 Å². The smallest absolute Gasteiger partial charge is 0.416 e. The van der Waals surface area contributed by atoms with Gasteiger partial charge >= 0.3 is 12.7 Å². The maximum absolute atomic E-state index is 12.1. The van der Waals surface area contributed by atoms with E-state index in [-0.39, 0.29) is 12.3 Å². The van der Waals surface area contributed by atoms with E-state index < -0.39 is 12.7 Å². The summed E-state index contributed by atoms with van der Waals surface area (Å²) >= 11 is 5.95. The zero-order valence-corrected chi connectivity index (χ0v) is 13.9. The molecule has 0 aliphatic heterocycles. The summed E-state index contributed by atoms with van der Waals surface area (Å²) in [6, 6.07) is 10.3. The molecule has 1 amide bonds. The van der Waals surface area contributed by atoms with Gasteiger partial charge in [-0.2, -0.15) is 8.78 Å². The molecule has 2 aromatic rings. The van der Waals surface area contributed by atoms with Crippen molar-refractivity contribution in [3.63, 3.8) is 0 Å². The van der Waals surface area contributed by atoms with Gasteiger partial charge in [0.2, 0.25) is 0 Å². The van der Waals surface area contributed by atoms with Crippen LogP contribution in [0.25, 0.3) is 0 Å². The van der Waals surface area contributed by atoms with E-state index in [0.717, 1.165) is 11.1 Å². The van der Waals surface area contributed by atoms with Crippen molar-refractivity contribution in [1.82, 2.24) is 0 Å². The fourth-order valence-electron chi connectivity index (χ4n) is 2.14. The summed E-state index contributed by atoms with van der Waals surface area (Å²) in [6.45, 7) is 0.811. The van der Waals surface area contributed by atoms with Crippen LogP contribution in [-0.4, -0.2) is 12.7 Å². The number of amides is 1. The van der Waals surface area contributed by atoms with Crippen molar-refractivity contribution in [3.05, 3.63) is 58.1 Å². The minimum atomic E-state index is -3.19. The summed E-state index contributed by atoms with van der Waals surface area (Å²) in [5.41, 5.74) is 2.90. The summed E-state index contributed by atoms with van der Waals surface area (Å²) in [6.07, 6.45) is -1.25. The third-order valence-corrected chi connectivity index (χ3v) is 3.45. The predicted octanol–water partition coefficient (Wildman–Crippen LogP) is 5.31. The van der Waals surface area contributed by atoms with Crippen LogP contribution in [0.5, 0.6) is 5.75 Å².